The van der Waals surface area contributed by atoms with Crippen molar-refractivity contribution in [2.45, 2.75) is 109 Å². The molecule has 0 aliphatic heterocycles. The molecule has 1 aliphatic rings. The third kappa shape index (κ3) is 16.4. The molecule has 210 valence electrons. The lowest BCUT2D eigenvalue weighted by atomic mass is 9.78. The van der Waals surface area contributed by atoms with Gasteiger partial charge in [0.1, 0.15) is 0 Å². The molecular formula is C29H54ClN3O3. The van der Waals surface area contributed by atoms with Crippen molar-refractivity contribution in [3.8, 4) is 0 Å². The molecule has 0 spiro atoms. The van der Waals surface area contributed by atoms with Crippen LogP contribution in [0, 0.1) is 11.8 Å². The summed E-state index contributed by atoms with van der Waals surface area (Å²) in [5.74, 6) is -0.801. The highest BCUT2D eigenvalue weighted by molar-refractivity contribution is 6.13. The number of nitrogens with one attached hydrogen (secondary N) is 2. The largest absolute Gasteiger partial charge is 0.481 e. The molecule has 1 aliphatic carbocycles. The van der Waals surface area contributed by atoms with E-state index in [9.17, 15) is 14.7 Å². The van der Waals surface area contributed by atoms with Gasteiger partial charge in [-0.05, 0) is 63.9 Å². The van der Waals surface area contributed by atoms with E-state index < -0.39 is 11.9 Å². The molecular weight excluding hydrogens is 474 g/mol. The van der Waals surface area contributed by atoms with E-state index in [1.807, 2.05) is 32.3 Å². The standard InChI is InChI=1S/C27H47ClN2O3.C2H7N/c1-4-5-6-7-8-9-10-11-12-15-22(24-16-13-14-17-25(24)27(32)33)18-19-23(29-28)20-21-26(31)30(2)3;1-3-2/h13-14,16,22-23,25,29H,4-12,15,17-21H2,1-3H3,(H,32,33);3H,1-2H3. The molecule has 0 radical (unpaired) electrons. The number of carbonyl (C=O) groups is 2. The van der Waals surface area contributed by atoms with Crippen molar-refractivity contribution < 1.29 is 14.7 Å². The minimum Gasteiger partial charge on any atom is -0.481 e. The van der Waals surface area contributed by atoms with Crippen molar-refractivity contribution in [2.75, 3.05) is 28.2 Å². The lowest BCUT2D eigenvalue weighted by molar-refractivity contribution is -0.140. The zero-order valence-corrected chi connectivity index (χ0v) is 24.4. The minimum atomic E-state index is -0.730. The maximum absolute atomic E-state index is 11.9. The number of rotatable bonds is 19. The summed E-state index contributed by atoms with van der Waals surface area (Å²) in [5.41, 5.74) is 1.06. The third-order valence-electron chi connectivity index (χ3n) is 6.85. The Balaban J connectivity index is 0.00000387. The van der Waals surface area contributed by atoms with Crippen LogP contribution in [-0.4, -0.2) is 56.1 Å². The molecule has 0 heterocycles. The summed E-state index contributed by atoms with van der Waals surface area (Å²) in [6.45, 7) is 2.25. The fourth-order valence-corrected chi connectivity index (χ4v) is 4.88. The number of carbonyl (C=O) groups excluding carboxylic acids is 1. The summed E-state index contributed by atoms with van der Waals surface area (Å²) in [6, 6.07) is 0.0456. The highest BCUT2D eigenvalue weighted by Crippen LogP contribution is 2.34. The Bertz CT molecular complexity index is 637. The van der Waals surface area contributed by atoms with Crippen LogP contribution in [0.5, 0.6) is 0 Å². The number of nitrogens with zero attached hydrogens (tertiary/aromatic N) is 1. The Kier molecular flexibility index (Phi) is 21.9. The average Bonchev–Trinajstić information content (AvgIpc) is 2.86. The molecule has 7 heteroatoms. The number of halogens is 1. The van der Waals surface area contributed by atoms with Crippen LogP contribution in [0.4, 0.5) is 0 Å². The second-order valence-electron chi connectivity index (χ2n) is 10.2. The first-order chi connectivity index (χ1) is 17.3. The molecule has 3 unspecified atom stereocenters. The summed E-state index contributed by atoms with van der Waals surface area (Å²) >= 11 is 5.99. The van der Waals surface area contributed by atoms with Gasteiger partial charge < -0.3 is 15.3 Å². The monoisotopic (exact) mass is 527 g/mol. The zero-order chi connectivity index (χ0) is 27.2. The molecule has 0 fully saturated rings. The number of carboxylic acids is 1. The Morgan fingerprint density at radius 3 is 2.11 bits per heavy atom. The lowest BCUT2D eigenvalue weighted by Crippen LogP contribution is -2.28. The normalized spacial score (nSPS) is 16.5. The van der Waals surface area contributed by atoms with E-state index in [0.717, 1.165) is 31.3 Å². The molecule has 0 aromatic carbocycles. The number of hydrogen-bond acceptors (Lipinski definition) is 4. The van der Waals surface area contributed by atoms with Crippen LogP contribution in [0.3, 0.4) is 0 Å². The first-order valence-electron chi connectivity index (χ1n) is 14.1. The van der Waals surface area contributed by atoms with Gasteiger partial charge >= 0.3 is 5.97 Å². The molecule has 3 N–H and O–H groups in total. The molecule has 0 aromatic heterocycles. The Labute approximate surface area is 226 Å². The first-order valence-corrected chi connectivity index (χ1v) is 14.4. The topological polar surface area (TPSA) is 81.7 Å². The summed E-state index contributed by atoms with van der Waals surface area (Å²) in [4.78, 5) is 28.3. The van der Waals surface area contributed by atoms with Crippen LogP contribution >= 0.6 is 11.8 Å². The minimum absolute atomic E-state index is 0.0456. The molecule has 0 bridgehead atoms. The van der Waals surface area contributed by atoms with Gasteiger partial charge in [-0.1, -0.05) is 88.5 Å². The van der Waals surface area contributed by atoms with E-state index in [4.69, 9.17) is 11.8 Å². The second-order valence-corrected chi connectivity index (χ2v) is 10.5. The maximum Gasteiger partial charge on any atom is 0.310 e. The molecule has 0 saturated heterocycles. The Morgan fingerprint density at radius 2 is 1.58 bits per heavy atom. The molecule has 1 amide bonds. The van der Waals surface area contributed by atoms with Crippen molar-refractivity contribution in [1.82, 2.24) is 15.1 Å². The van der Waals surface area contributed by atoms with Gasteiger partial charge in [0.05, 0.1) is 5.92 Å². The average molecular weight is 528 g/mol. The molecule has 1 rings (SSSR count). The fraction of sp³-hybridized carbons (Fsp3) is 0.793. The maximum atomic E-state index is 11.9. The SMILES string of the molecule is CCCCCCCCCCCC(CCC(CCC(=O)N(C)C)NCl)C1=CC=CCC1C(=O)O.CNC. The van der Waals surface area contributed by atoms with Crippen molar-refractivity contribution in [2.24, 2.45) is 11.8 Å². The molecule has 0 aromatic rings. The number of allylic oxidation sites excluding steroid dienone is 3. The van der Waals surface area contributed by atoms with E-state index in [2.05, 4.69) is 17.1 Å². The highest BCUT2D eigenvalue weighted by Gasteiger charge is 2.28. The van der Waals surface area contributed by atoms with E-state index in [1.54, 1.807) is 19.0 Å². The van der Waals surface area contributed by atoms with Crippen molar-refractivity contribution >= 4 is 23.7 Å². The van der Waals surface area contributed by atoms with Gasteiger partial charge in [0.2, 0.25) is 5.91 Å². The number of amides is 1. The lowest BCUT2D eigenvalue weighted by Gasteiger charge is -2.28. The summed E-state index contributed by atoms with van der Waals surface area (Å²) < 4.78 is 0. The molecule has 0 saturated carbocycles. The van der Waals surface area contributed by atoms with E-state index in [0.29, 0.717) is 19.3 Å². The second kappa shape index (κ2) is 22.8. The Morgan fingerprint density at radius 1 is 1.00 bits per heavy atom. The summed E-state index contributed by atoms with van der Waals surface area (Å²) in [6.07, 6.45) is 22.0. The summed E-state index contributed by atoms with van der Waals surface area (Å²) in [7, 11) is 7.28. The molecule has 36 heavy (non-hydrogen) atoms. The van der Waals surface area contributed by atoms with Crippen molar-refractivity contribution in [3.63, 3.8) is 0 Å². The van der Waals surface area contributed by atoms with Crippen LogP contribution in [0.25, 0.3) is 0 Å². The fourth-order valence-electron chi connectivity index (χ4n) is 4.67. The van der Waals surface area contributed by atoms with Crippen LogP contribution in [0.1, 0.15) is 103 Å². The van der Waals surface area contributed by atoms with E-state index in [-0.39, 0.29) is 17.9 Å². The van der Waals surface area contributed by atoms with Gasteiger partial charge in [0, 0.05) is 26.6 Å². The first kappa shape index (κ1) is 34.6. The van der Waals surface area contributed by atoms with Gasteiger partial charge in [-0.2, -0.15) is 0 Å². The predicted molar refractivity (Wildman–Crippen MR) is 153 cm³/mol. The summed E-state index contributed by atoms with van der Waals surface area (Å²) in [5, 5.41) is 12.5. The van der Waals surface area contributed by atoms with Gasteiger partial charge in [-0.3, -0.25) is 9.59 Å². The van der Waals surface area contributed by atoms with E-state index >= 15 is 0 Å². The van der Waals surface area contributed by atoms with Crippen LogP contribution < -0.4 is 10.2 Å². The third-order valence-corrected chi connectivity index (χ3v) is 7.16. The number of carboxylic acid groups (broad SMARTS) is 1. The van der Waals surface area contributed by atoms with E-state index in [1.165, 1.54) is 51.4 Å². The Hall–Kier alpha value is -1.37. The smallest absolute Gasteiger partial charge is 0.310 e. The van der Waals surface area contributed by atoms with Crippen molar-refractivity contribution in [1.29, 1.82) is 0 Å². The van der Waals surface area contributed by atoms with Gasteiger partial charge in [-0.15, -0.1) is 0 Å². The predicted octanol–water partition coefficient (Wildman–Crippen LogP) is 6.71. The quantitative estimate of drug-likeness (QED) is 0.128. The number of aliphatic carboxylic acids is 1. The van der Waals surface area contributed by atoms with Crippen LogP contribution in [-0.2, 0) is 9.59 Å². The molecule has 6 nitrogen and oxygen atoms in total. The molecule has 3 atom stereocenters. The van der Waals surface area contributed by atoms with Crippen molar-refractivity contribution in [3.05, 3.63) is 23.8 Å². The zero-order valence-electron chi connectivity index (χ0n) is 23.7. The van der Waals surface area contributed by atoms with Crippen LogP contribution in [0.15, 0.2) is 23.8 Å². The van der Waals surface area contributed by atoms with Gasteiger partial charge in [-0.25, -0.2) is 4.84 Å². The van der Waals surface area contributed by atoms with Gasteiger partial charge in [0.15, 0.2) is 0 Å². The number of hydrogen-bond donors (Lipinski definition) is 3. The van der Waals surface area contributed by atoms with Gasteiger partial charge in [0.25, 0.3) is 0 Å². The van der Waals surface area contributed by atoms with Crippen LogP contribution in [0.2, 0.25) is 0 Å². The highest BCUT2D eigenvalue weighted by atomic mass is 35.5. The number of unbranched alkanes of at least 4 members (excludes halogenated alkanes) is 8.